The van der Waals surface area contributed by atoms with Gasteiger partial charge in [-0.15, -0.1) is 0 Å². The zero-order valence-electron chi connectivity index (χ0n) is 27.6. The molecule has 12 nitrogen and oxygen atoms in total. The number of hydrogen-bond acceptors (Lipinski definition) is 9. The number of rotatable bonds is 3. The summed E-state index contributed by atoms with van der Waals surface area (Å²) in [4.78, 5) is 63.8. The molecule has 13 heteroatoms. The number of fused-ring (bicyclic) bond motifs is 3. The van der Waals surface area contributed by atoms with Crippen LogP contribution < -0.4 is 19.9 Å². The zero-order chi connectivity index (χ0) is 34.7. The van der Waals surface area contributed by atoms with Crippen molar-refractivity contribution in [1.82, 2.24) is 9.97 Å². The van der Waals surface area contributed by atoms with Crippen molar-refractivity contribution in [3.63, 3.8) is 0 Å². The molecule has 0 radical (unpaired) electrons. The number of nitrogens with zero attached hydrogens (tertiary/aromatic N) is 4. The van der Waals surface area contributed by atoms with Gasteiger partial charge in [0.1, 0.15) is 29.3 Å². The predicted molar refractivity (Wildman–Crippen MR) is 176 cm³/mol. The van der Waals surface area contributed by atoms with Crippen molar-refractivity contribution in [2.24, 2.45) is 0 Å². The lowest BCUT2D eigenvalue weighted by atomic mass is 9.96. The van der Waals surface area contributed by atoms with E-state index in [4.69, 9.17) is 14.2 Å². The molecule has 6 rings (SSSR count). The highest BCUT2D eigenvalue weighted by atomic mass is 19.1. The molecule has 0 spiro atoms. The Hall–Kier alpha value is -5.59. The van der Waals surface area contributed by atoms with Gasteiger partial charge in [-0.1, -0.05) is 12.1 Å². The van der Waals surface area contributed by atoms with Gasteiger partial charge in [0.2, 0.25) is 5.88 Å². The summed E-state index contributed by atoms with van der Waals surface area (Å²) in [5, 5.41) is 3.05. The summed E-state index contributed by atoms with van der Waals surface area (Å²) in [5.74, 6) is -1.73. The molecule has 0 saturated heterocycles. The minimum Gasteiger partial charge on any atom is -0.474 e. The van der Waals surface area contributed by atoms with Gasteiger partial charge in [0.15, 0.2) is 5.82 Å². The largest absolute Gasteiger partial charge is 0.474 e. The molecule has 2 aliphatic heterocycles. The molecule has 0 fully saturated rings. The van der Waals surface area contributed by atoms with Gasteiger partial charge in [0, 0.05) is 28.9 Å². The van der Waals surface area contributed by atoms with Crippen molar-refractivity contribution in [2.75, 3.05) is 28.3 Å². The average Bonchev–Trinajstić information content (AvgIpc) is 3.26. The van der Waals surface area contributed by atoms with Crippen molar-refractivity contribution >= 4 is 52.0 Å². The second kappa shape index (κ2) is 11.6. The molecule has 4 heterocycles. The number of amides is 4. The average molecular weight is 656 g/mol. The number of benzene rings is 2. The van der Waals surface area contributed by atoms with E-state index in [1.807, 2.05) is 0 Å². The van der Waals surface area contributed by atoms with E-state index in [2.05, 4.69) is 15.3 Å². The van der Waals surface area contributed by atoms with Crippen molar-refractivity contribution in [1.29, 1.82) is 0 Å². The molecule has 0 bridgehead atoms. The van der Waals surface area contributed by atoms with Crippen LogP contribution in [-0.4, -0.2) is 58.3 Å². The number of ether oxygens (including phenoxy) is 3. The van der Waals surface area contributed by atoms with E-state index in [-0.39, 0.29) is 52.6 Å². The van der Waals surface area contributed by atoms with Crippen molar-refractivity contribution in [2.45, 2.75) is 59.7 Å². The molecule has 0 unspecified atom stereocenters. The monoisotopic (exact) mass is 655 g/mol. The summed E-state index contributed by atoms with van der Waals surface area (Å²) in [6.07, 6.45) is 1.18. The Morgan fingerprint density at radius 2 is 1.54 bits per heavy atom. The molecular formula is C35H34FN5O7. The fourth-order valence-corrected chi connectivity index (χ4v) is 5.61. The first-order valence-corrected chi connectivity index (χ1v) is 15.3. The summed E-state index contributed by atoms with van der Waals surface area (Å²) in [6, 6.07) is 9.42. The number of pyridine rings is 2. The lowest BCUT2D eigenvalue weighted by Crippen LogP contribution is -2.42. The van der Waals surface area contributed by atoms with Crippen LogP contribution in [0.5, 0.6) is 5.88 Å². The van der Waals surface area contributed by atoms with E-state index in [9.17, 15) is 19.2 Å². The highest BCUT2D eigenvalue weighted by Gasteiger charge is 2.38. The number of aromatic nitrogens is 2. The minimum atomic E-state index is -0.908. The first-order valence-electron chi connectivity index (χ1n) is 15.3. The number of carbonyl (C=O) groups is 4. The molecule has 248 valence electrons. The standard InChI is InChI=1S/C35H34FN5O7/c1-18-23(16-38-29-28(18)40(12-13-46-29)33(45)48-35(5,6)7)22-14-19-15-25(41-30(42)20-10-8-9-11-21(20)31(41)43)37-17-24(19)27(26(22)36)39-32(44)47-34(2,3)4/h8-11,14-17H,12-13H2,1-7H3,(H,39,44). The van der Waals surface area contributed by atoms with E-state index in [1.54, 1.807) is 72.7 Å². The summed E-state index contributed by atoms with van der Waals surface area (Å²) in [7, 11) is 0. The molecule has 0 aliphatic carbocycles. The van der Waals surface area contributed by atoms with Gasteiger partial charge in [-0.25, -0.2) is 28.8 Å². The number of carbonyl (C=O) groups excluding carboxylic acids is 4. The van der Waals surface area contributed by atoms with E-state index in [0.717, 1.165) is 4.90 Å². The number of nitrogens with one attached hydrogen (secondary N) is 1. The topological polar surface area (TPSA) is 140 Å². The molecular weight excluding hydrogens is 621 g/mol. The second-order valence-electron chi connectivity index (χ2n) is 13.4. The third-order valence-electron chi connectivity index (χ3n) is 7.60. The smallest absolute Gasteiger partial charge is 0.415 e. The quantitative estimate of drug-likeness (QED) is 0.231. The maximum absolute atomic E-state index is 16.7. The number of hydrogen-bond donors (Lipinski definition) is 1. The van der Waals surface area contributed by atoms with E-state index < -0.39 is 41.0 Å². The fourth-order valence-electron chi connectivity index (χ4n) is 5.61. The van der Waals surface area contributed by atoms with Gasteiger partial charge in [-0.3, -0.25) is 19.8 Å². The van der Waals surface area contributed by atoms with Crippen molar-refractivity contribution in [3.8, 4) is 17.0 Å². The SMILES string of the molecule is Cc1c(-c2cc3cc(N4C(=O)c5ccccc5C4=O)ncc3c(NC(=O)OC(C)(C)C)c2F)cnc2c1N(C(=O)OC(C)(C)C)CCO2. The third-order valence-corrected chi connectivity index (χ3v) is 7.60. The number of anilines is 3. The van der Waals surface area contributed by atoms with Gasteiger partial charge < -0.3 is 14.2 Å². The van der Waals surface area contributed by atoms with Gasteiger partial charge in [-0.2, -0.15) is 0 Å². The van der Waals surface area contributed by atoms with E-state index in [1.165, 1.54) is 29.4 Å². The highest BCUT2D eigenvalue weighted by Crippen LogP contribution is 2.43. The normalized spacial score (nSPS) is 14.4. The molecule has 1 N–H and O–H groups in total. The lowest BCUT2D eigenvalue weighted by Gasteiger charge is -2.32. The Balaban J connectivity index is 1.52. The van der Waals surface area contributed by atoms with Crippen LogP contribution in [0.4, 0.5) is 31.2 Å². The van der Waals surface area contributed by atoms with Crippen molar-refractivity contribution in [3.05, 3.63) is 71.3 Å². The Kier molecular flexibility index (Phi) is 7.81. The zero-order valence-corrected chi connectivity index (χ0v) is 27.6. The van der Waals surface area contributed by atoms with Gasteiger partial charge >= 0.3 is 12.2 Å². The van der Waals surface area contributed by atoms with Crippen LogP contribution in [0.3, 0.4) is 0 Å². The Morgan fingerprint density at radius 1 is 0.896 bits per heavy atom. The van der Waals surface area contributed by atoms with E-state index in [0.29, 0.717) is 22.2 Å². The highest BCUT2D eigenvalue weighted by molar-refractivity contribution is 6.34. The molecule has 4 amide bonds. The summed E-state index contributed by atoms with van der Waals surface area (Å²) in [6.45, 7) is 12.3. The van der Waals surface area contributed by atoms with Crippen LogP contribution in [0, 0.1) is 12.7 Å². The van der Waals surface area contributed by atoms with E-state index >= 15 is 4.39 Å². The Morgan fingerprint density at radius 3 is 2.17 bits per heavy atom. The molecule has 0 atom stereocenters. The van der Waals surface area contributed by atoms with Crippen LogP contribution in [0.15, 0.2) is 48.8 Å². The molecule has 2 aliphatic rings. The first kappa shape index (κ1) is 32.4. The summed E-state index contributed by atoms with van der Waals surface area (Å²) >= 11 is 0. The Labute approximate surface area is 275 Å². The predicted octanol–water partition coefficient (Wildman–Crippen LogP) is 7.03. The third kappa shape index (κ3) is 5.87. The Bertz CT molecular complexity index is 2000. The maximum Gasteiger partial charge on any atom is 0.415 e. The number of imide groups is 1. The molecule has 4 aromatic rings. The molecule has 2 aromatic carbocycles. The minimum absolute atomic E-state index is 0.00980. The van der Waals surface area contributed by atoms with Gasteiger partial charge in [-0.05, 0) is 83.7 Å². The lowest BCUT2D eigenvalue weighted by molar-refractivity contribution is 0.0564. The van der Waals surface area contributed by atoms with Crippen LogP contribution in [0.1, 0.15) is 67.8 Å². The maximum atomic E-state index is 16.7. The fraction of sp³-hybridized carbons (Fsp3) is 0.314. The van der Waals surface area contributed by atoms with Crippen LogP contribution in [0.2, 0.25) is 0 Å². The van der Waals surface area contributed by atoms with Crippen LogP contribution >= 0.6 is 0 Å². The molecule has 0 saturated carbocycles. The second-order valence-corrected chi connectivity index (χ2v) is 13.4. The molecule has 48 heavy (non-hydrogen) atoms. The van der Waals surface area contributed by atoms with Crippen LogP contribution in [-0.2, 0) is 9.47 Å². The van der Waals surface area contributed by atoms with Crippen molar-refractivity contribution < 1.29 is 37.8 Å². The number of halogens is 1. The summed E-state index contributed by atoms with van der Waals surface area (Å²) in [5.41, 5.74) is -0.337. The molecule has 2 aromatic heterocycles. The van der Waals surface area contributed by atoms with Crippen LogP contribution in [0.25, 0.3) is 21.9 Å². The van der Waals surface area contributed by atoms with Gasteiger partial charge in [0.05, 0.1) is 23.4 Å². The summed E-state index contributed by atoms with van der Waals surface area (Å²) < 4.78 is 33.5. The van der Waals surface area contributed by atoms with Gasteiger partial charge in [0.25, 0.3) is 11.8 Å². The first-order chi connectivity index (χ1) is 22.5.